The van der Waals surface area contributed by atoms with E-state index < -0.39 is 15.3 Å². The van der Waals surface area contributed by atoms with Gasteiger partial charge >= 0.3 is 0 Å². The van der Waals surface area contributed by atoms with Gasteiger partial charge in [0.05, 0.1) is 6.17 Å². The van der Waals surface area contributed by atoms with E-state index in [1.807, 2.05) is 57.2 Å². The fourth-order valence-corrected chi connectivity index (χ4v) is 7.27. The highest BCUT2D eigenvalue weighted by atomic mass is 32.2. The Hall–Kier alpha value is -2.22. The van der Waals surface area contributed by atoms with Crippen molar-refractivity contribution in [2.75, 3.05) is 13.1 Å². The lowest BCUT2D eigenvalue weighted by Gasteiger charge is -2.37. The molecule has 0 radical (unpaired) electrons. The van der Waals surface area contributed by atoms with Crippen LogP contribution >= 0.6 is 0 Å². The maximum Gasteiger partial charge on any atom is 0.223 e. The minimum absolute atomic E-state index is 0.0332. The summed E-state index contributed by atoms with van der Waals surface area (Å²) in [6, 6.07) is 14.0. The summed E-state index contributed by atoms with van der Waals surface area (Å²) in [4.78, 5) is 14.9. The van der Waals surface area contributed by atoms with E-state index in [0.29, 0.717) is 19.6 Å². The molecule has 3 unspecified atom stereocenters. The summed E-state index contributed by atoms with van der Waals surface area (Å²) >= 11 is 0. The molecule has 1 amide bonds. The molecule has 7 heteroatoms. The van der Waals surface area contributed by atoms with Crippen LogP contribution in [-0.4, -0.2) is 38.5 Å². The molecule has 2 aromatic carbocycles. The van der Waals surface area contributed by atoms with Gasteiger partial charge in [-0.1, -0.05) is 49.4 Å². The van der Waals surface area contributed by atoms with Crippen molar-refractivity contribution >= 4 is 15.9 Å². The molecule has 2 N–H and O–H groups in total. The highest BCUT2D eigenvalue weighted by Gasteiger charge is 2.48. The van der Waals surface area contributed by atoms with Gasteiger partial charge in [-0.3, -0.25) is 9.69 Å². The average Bonchev–Trinajstić information content (AvgIpc) is 3.03. The number of carbonyl (C=O) groups excluding carboxylic acids is 1. The molecule has 178 valence electrons. The first-order valence-electron chi connectivity index (χ1n) is 11.8. The highest BCUT2D eigenvalue weighted by Crippen LogP contribution is 2.40. The quantitative estimate of drug-likeness (QED) is 0.702. The molecule has 2 aromatic rings. The van der Waals surface area contributed by atoms with Gasteiger partial charge in [0.15, 0.2) is 0 Å². The highest BCUT2D eigenvalue weighted by molar-refractivity contribution is 7.90. The number of nitrogens with zero attached hydrogens (tertiary/aromatic N) is 1. The molecule has 6 nitrogen and oxygen atoms in total. The van der Waals surface area contributed by atoms with E-state index in [1.54, 1.807) is 0 Å². The van der Waals surface area contributed by atoms with Crippen LogP contribution < -0.4 is 10.0 Å². The van der Waals surface area contributed by atoms with E-state index in [9.17, 15) is 13.2 Å². The Kier molecular flexibility index (Phi) is 6.93. The van der Waals surface area contributed by atoms with Crippen molar-refractivity contribution in [2.45, 2.75) is 58.5 Å². The minimum Gasteiger partial charge on any atom is -0.352 e. The van der Waals surface area contributed by atoms with E-state index in [-0.39, 0.29) is 23.9 Å². The standard InChI is InChI=1S/C26H35N3O3S/c1-17-9-10-22(15-19(17)3)24-20(4)25(28-33(24,31)32)29-13-11-21(12-14-29)26(30)27-16-23-8-6-5-7-18(23)2/h5-10,15,20-21,24-25,28H,11-14,16H2,1-4H3,(H,27,30). The Morgan fingerprint density at radius 3 is 2.39 bits per heavy atom. The second-order valence-corrected chi connectivity index (χ2v) is 11.5. The van der Waals surface area contributed by atoms with Gasteiger partial charge in [-0.2, -0.15) is 4.72 Å². The van der Waals surface area contributed by atoms with Crippen molar-refractivity contribution in [1.82, 2.24) is 14.9 Å². The largest absolute Gasteiger partial charge is 0.352 e. The molecule has 0 saturated carbocycles. The summed E-state index contributed by atoms with van der Waals surface area (Å²) in [5.74, 6) is -0.0244. The summed E-state index contributed by atoms with van der Waals surface area (Å²) in [7, 11) is -3.46. The Morgan fingerprint density at radius 1 is 1.03 bits per heavy atom. The van der Waals surface area contributed by atoms with E-state index >= 15 is 0 Å². The second kappa shape index (κ2) is 9.57. The van der Waals surface area contributed by atoms with Crippen LogP contribution in [0.3, 0.4) is 0 Å². The molecule has 2 heterocycles. The molecule has 2 aliphatic heterocycles. The van der Waals surface area contributed by atoms with Gasteiger partial charge in [0, 0.05) is 31.5 Å². The Balaban J connectivity index is 1.37. The number of hydrogen-bond donors (Lipinski definition) is 2. The second-order valence-electron chi connectivity index (χ2n) is 9.69. The van der Waals surface area contributed by atoms with Crippen LogP contribution in [0.4, 0.5) is 0 Å². The predicted molar refractivity (Wildman–Crippen MR) is 131 cm³/mol. The van der Waals surface area contributed by atoms with Gasteiger partial charge in [-0.15, -0.1) is 0 Å². The molecule has 33 heavy (non-hydrogen) atoms. The third-order valence-corrected chi connectivity index (χ3v) is 9.40. The van der Waals surface area contributed by atoms with E-state index in [1.165, 1.54) is 5.56 Å². The zero-order valence-corrected chi connectivity index (χ0v) is 20.8. The van der Waals surface area contributed by atoms with Crippen LogP contribution in [0.2, 0.25) is 0 Å². The molecule has 3 atom stereocenters. The van der Waals surface area contributed by atoms with Crippen LogP contribution in [0.5, 0.6) is 0 Å². The zero-order chi connectivity index (χ0) is 23.8. The first-order valence-corrected chi connectivity index (χ1v) is 13.4. The number of nitrogens with one attached hydrogen (secondary N) is 2. The smallest absolute Gasteiger partial charge is 0.223 e. The number of likely N-dealkylation sites (tertiary alicyclic amines) is 1. The normalized spacial score (nSPS) is 25.8. The van der Waals surface area contributed by atoms with Gasteiger partial charge in [-0.05, 0) is 61.4 Å². The molecule has 0 aliphatic carbocycles. The molecule has 2 fully saturated rings. The number of sulfonamides is 1. The summed E-state index contributed by atoms with van der Waals surface area (Å²) in [5, 5.41) is 2.53. The van der Waals surface area contributed by atoms with E-state index in [2.05, 4.69) is 27.9 Å². The van der Waals surface area contributed by atoms with Crippen molar-refractivity contribution < 1.29 is 13.2 Å². The average molecular weight is 470 g/mol. The minimum atomic E-state index is -3.46. The molecule has 2 aliphatic rings. The fraction of sp³-hybridized carbons (Fsp3) is 0.500. The van der Waals surface area contributed by atoms with Crippen molar-refractivity contribution in [3.63, 3.8) is 0 Å². The van der Waals surface area contributed by atoms with Crippen molar-refractivity contribution in [2.24, 2.45) is 11.8 Å². The van der Waals surface area contributed by atoms with Gasteiger partial charge in [0.2, 0.25) is 15.9 Å². The molecule has 0 aromatic heterocycles. The summed E-state index contributed by atoms with van der Waals surface area (Å²) in [6.45, 7) is 10.1. The van der Waals surface area contributed by atoms with Crippen LogP contribution in [0, 0.1) is 32.6 Å². The number of aryl methyl sites for hydroxylation is 3. The molecule has 4 rings (SSSR count). The fourth-order valence-electron chi connectivity index (χ4n) is 5.20. The van der Waals surface area contributed by atoms with Gasteiger partial charge in [-0.25, -0.2) is 8.42 Å². The Bertz CT molecular complexity index is 1120. The number of hydrogen-bond acceptors (Lipinski definition) is 4. The van der Waals surface area contributed by atoms with Crippen LogP contribution in [0.1, 0.15) is 52.8 Å². The van der Waals surface area contributed by atoms with Crippen LogP contribution in [-0.2, 0) is 21.4 Å². The van der Waals surface area contributed by atoms with Gasteiger partial charge < -0.3 is 5.32 Å². The maximum absolute atomic E-state index is 13.0. The van der Waals surface area contributed by atoms with Gasteiger partial charge in [0.25, 0.3) is 0 Å². The number of amides is 1. The van der Waals surface area contributed by atoms with Gasteiger partial charge in [0.1, 0.15) is 5.25 Å². The zero-order valence-electron chi connectivity index (χ0n) is 20.0. The lowest BCUT2D eigenvalue weighted by atomic mass is 9.91. The summed E-state index contributed by atoms with van der Waals surface area (Å²) in [6.07, 6.45) is 1.23. The number of carbonyl (C=O) groups is 1. The molecule has 0 spiro atoms. The third-order valence-electron chi connectivity index (χ3n) is 7.46. The lowest BCUT2D eigenvalue weighted by Crippen LogP contribution is -2.50. The van der Waals surface area contributed by atoms with Crippen molar-refractivity contribution in [3.8, 4) is 0 Å². The SMILES string of the molecule is Cc1ccc(C2C(C)C(N3CCC(C(=O)NCc4ccccc4C)CC3)NS2(=O)=O)cc1C. The number of benzene rings is 2. The third kappa shape index (κ3) is 5.00. The monoisotopic (exact) mass is 469 g/mol. The Labute approximate surface area is 197 Å². The number of rotatable bonds is 5. The summed E-state index contributed by atoms with van der Waals surface area (Å²) < 4.78 is 29.0. The summed E-state index contributed by atoms with van der Waals surface area (Å²) in [5.41, 5.74) is 5.43. The van der Waals surface area contributed by atoms with E-state index in [4.69, 9.17) is 0 Å². The van der Waals surface area contributed by atoms with Crippen molar-refractivity contribution in [1.29, 1.82) is 0 Å². The number of piperidine rings is 1. The first-order chi connectivity index (χ1) is 15.7. The predicted octanol–water partition coefficient (Wildman–Crippen LogP) is 3.58. The molecule has 2 saturated heterocycles. The molecular formula is C26H35N3O3S. The topological polar surface area (TPSA) is 78.5 Å². The lowest BCUT2D eigenvalue weighted by molar-refractivity contribution is -0.126. The first kappa shape index (κ1) is 23.9. The van der Waals surface area contributed by atoms with Crippen LogP contribution in [0.25, 0.3) is 0 Å². The molecular weight excluding hydrogens is 434 g/mol. The van der Waals surface area contributed by atoms with Crippen molar-refractivity contribution in [3.05, 3.63) is 70.3 Å². The molecule has 0 bridgehead atoms. The maximum atomic E-state index is 13.0. The van der Waals surface area contributed by atoms with Crippen LogP contribution in [0.15, 0.2) is 42.5 Å². The van der Waals surface area contributed by atoms with E-state index in [0.717, 1.165) is 35.1 Å². The Morgan fingerprint density at radius 2 is 1.73 bits per heavy atom.